The van der Waals surface area contributed by atoms with E-state index in [1.54, 1.807) is 14.2 Å². The van der Waals surface area contributed by atoms with E-state index in [0.29, 0.717) is 30.6 Å². The first kappa shape index (κ1) is 18.5. The third-order valence-corrected chi connectivity index (χ3v) is 4.50. The summed E-state index contributed by atoms with van der Waals surface area (Å²) in [7, 11) is 3.19. The van der Waals surface area contributed by atoms with Gasteiger partial charge in [-0.3, -0.25) is 9.69 Å². The second-order valence-corrected chi connectivity index (χ2v) is 6.10. The average molecular weight is 336 g/mol. The fourth-order valence-corrected chi connectivity index (χ4v) is 3.18. The summed E-state index contributed by atoms with van der Waals surface area (Å²) in [5, 5.41) is 12.1. The summed E-state index contributed by atoms with van der Waals surface area (Å²) >= 11 is 0. The van der Waals surface area contributed by atoms with Crippen molar-refractivity contribution in [2.24, 2.45) is 0 Å². The summed E-state index contributed by atoms with van der Waals surface area (Å²) in [6, 6.07) is 5.93. The molecule has 0 aromatic heterocycles. The zero-order chi connectivity index (χ0) is 17.4. The molecule has 0 saturated carbocycles. The van der Waals surface area contributed by atoms with Crippen LogP contribution in [0.5, 0.6) is 11.5 Å². The molecule has 1 unspecified atom stereocenters. The predicted molar refractivity (Wildman–Crippen MR) is 92.3 cm³/mol. The minimum absolute atomic E-state index is 0.00891. The van der Waals surface area contributed by atoms with Crippen LogP contribution in [-0.2, 0) is 11.3 Å². The van der Waals surface area contributed by atoms with Crippen molar-refractivity contribution >= 4 is 5.91 Å². The smallest absolute Gasteiger partial charge is 0.234 e. The van der Waals surface area contributed by atoms with Gasteiger partial charge in [-0.25, -0.2) is 0 Å². The van der Waals surface area contributed by atoms with Crippen LogP contribution in [0.3, 0.4) is 0 Å². The highest BCUT2D eigenvalue weighted by atomic mass is 16.5. The molecule has 6 nitrogen and oxygen atoms in total. The molecule has 1 aliphatic heterocycles. The number of methoxy groups -OCH3 is 2. The Balaban J connectivity index is 1.86. The quantitative estimate of drug-likeness (QED) is 0.754. The number of aliphatic hydroxyl groups excluding tert-OH is 1. The number of benzene rings is 1. The van der Waals surface area contributed by atoms with E-state index in [0.717, 1.165) is 31.4 Å². The minimum Gasteiger partial charge on any atom is -0.493 e. The lowest BCUT2D eigenvalue weighted by molar-refractivity contribution is -0.123. The van der Waals surface area contributed by atoms with Gasteiger partial charge >= 0.3 is 0 Å². The van der Waals surface area contributed by atoms with Crippen molar-refractivity contribution in [2.45, 2.75) is 38.3 Å². The third-order valence-electron chi connectivity index (χ3n) is 4.50. The summed E-state index contributed by atoms with van der Waals surface area (Å²) in [5.41, 5.74) is 0.964. The standard InChI is InChI=1S/C18H28N2O4/c1-23-16-7-6-14(11-17(16)24-2)12-19-18(22)13-20-9-4-3-5-15(20)8-10-21/h6-7,11,15,21H,3-5,8-10,12-13H2,1-2H3,(H,19,22). The van der Waals surface area contributed by atoms with Crippen LogP contribution >= 0.6 is 0 Å². The van der Waals surface area contributed by atoms with Crippen LogP contribution in [0, 0.1) is 0 Å². The zero-order valence-corrected chi connectivity index (χ0v) is 14.6. The molecule has 1 aromatic rings. The van der Waals surface area contributed by atoms with E-state index in [1.807, 2.05) is 18.2 Å². The zero-order valence-electron chi connectivity index (χ0n) is 14.6. The molecule has 1 amide bonds. The third kappa shape index (κ3) is 5.11. The van der Waals surface area contributed by atoms with Gasteiger partial charge in [0, 0.05) is 19.2 Å². The van der Waals surface area contributed by atoms with E-state index >= 15 is 0 Å². The number of likely N-dealkylation sites (tertiary alicyclic amines) is 1. The van der Waals surface area contributed by atoms with Crippen LogP contribution in [0.25, 0.3) is 0 Å². The van der Waals surface area contributed by atoms with E-state index in [1.165, 1.54) is 6.42 Å². The number of hydrogen-bond acceptors (Lipinski definition) is 5. The molecule has 0 bridgehead atoms. The van der Waals surface area contributed by atoms with Crippen LogP contribution in [0.15, 0.2) is 18.2 Å². The fraction of sp³-hybridized carbons (Fsp3) is 0.611. The molecule has 1 aromatic carbocycles. The van der Waals surface area contributed by atoms with Gasteiger partial charge in [0.2, 0.25) is 5.91 Å². The first-order valence-electron chi connectivity index (χ1n) is 8.50. The predicted octanol–water partition coefficient (Wildman–Crippen LogP) is 1.56. The van der Waals surface area contributed by atoms with Gasteiger partial charge in [-0.2, -0.15) is 0 Å². The summed E-state index contributed by atoms with van der Waals surface area (Å²) in [4.78, 5) is 14.4. The summed E-state index contributed by atoms with van der Waals surface area (Å²) in [5.74, 6) is 1.34. The molecule has 0 aliphatic carbocycles. The molecule has 1 saturated heterocycles. The molecule has 1 atom stereocenters. The number of carbonyl (C=O) groups excluding carboxylic acids is 1. The van der Waals surface area contributed by atoms with Crippen molar-refractivity contribution in [2.75, 3.05) is 33.9 Å². The molecule has 1 heterocycles. The van der Waals surface area contributed by atoms with Crippen molar-refractivity contribution in [1.82, 2.24) is 10.2 Å². The van der Waals surface area contributed by atoms with Crippen LogP contribution in [0.4, 0.5) is 0 Å². The summed E-state index contributed by atoms with van der Waals surface area (Å²) in [6.07, 6.45) is 4.09. The highest BCUT2D eigenvalue weighted by Gasteiger charge is 2.23. The Kier molecular flexibility index (Phi) is 7.34. The number of piperidine rings is 1. The summed E-state index contributed by atoms with van der Waals surface area (Å²) in [6.45, 7) is 1.94. The monoisotopic (exact) mass is 336 g/mol. The lowest BCUT2D eigenvalue weighted by Gasteiger charge is -2.34. The maximum atomic E-state index is 12.2. The minimum atomic E-state index is 0.00891. The van der Waals surface area contributed by atoms with Crippen LogP contribution in [-0.4, -0.2) is 55.9 Å². The normalized spacial score (nSPS) is 18.2. The molecule has 1 aliphatic rings. The van der Waals surface area contributed by atoms with Crippen molar-refractivity contribution in [3.05, 3.63) is 23.8 Å². The number of aliphatic hydroxyl groups is 1. The molecule has 6 heteroatoms. The lowest BCUT2D eigenvalue weighted by Crippen LogP contribution is -2.45. The Labute approximate surface area is 143 Å². The van der Waals surface area contributed by atoms with Crippen molar-refractivity contribution in [3.8, 4) is 11.5 Å². The number of hydrogen-bond donors (Lipinski definition) is 2. The van der Waals surface area contributed by atoms with Gasteiger partial charge in [-0.15, -0.1) is 0 Å². The SMILES string of the molecule is COc1ccc(CNC(=O)CN2CCCCC2CCO)cc1OC. The van der Waals surface area contributed by atoms with E-state index in [9.17, 15) is 4.79 Å². The van der Waals surface area contributed by atoms with Crippen LogP contribution < -0.4 is 14.8 Å². The van der Waals surface area contributed by atoms with Gasteiger partial charge in [0.05, 0.1) is 20.8 Å². The van der Waals surface area contributed by atoms with Crippen molar-refractivity contribution in [1.29, 1.82) is 0 Å². The first-order valence-corrected chi connectivity index (χ1v) is 8.50. The Morgan fingerprint density at radius 3 is 2.79 bits per heavy atom. The van der Waals surface area contributed by atoms with E-state index in [-0.39, 0.29) is 12.5 Å². The maximum absolute atomic E-state index is 12.2. The highest BCUT2D eigenvalue weighted by molar-refractivity contribution is 5.78. The maximum Gasteiger partial charge on any atom is 0.234 e. The number of nitrogens with zero attached hydrogens (tertiary/aromatic N) is 1. The molecule has 1 fully saturated rings. The number of carbonyl (C=O) groups is 1. The van der Waals surface area contributed by atoms with Gasteiger partial charge in [0.15, 0.2) is 11.5 Å². The molecular formula is C18H28N2O4. The van der Waals surface area contributed by atoms with Crippen LogP contribution in [0.1, 0.15) is 31.2 Å². The number of amides is 1. The van der Waals surface area contributed by atoms with Crippen molar-refractivity contribution < 1.29 is 19.4 Å². The molecule has 2 rings (SSSR count). The molecule has 2 N–H and O–H groups in total. The highest BCUT2D eigenvalue weighted by Crippen LogP contribution is 2.27. The van der Waals surface area contributed by atoms with Crippen LogP contribution in [0.2, 0.25) is 0 Å². The fourth-order valence-electron chi connectivity index (χ4n) is 3.18. The number of rotatable bonds is 8. The van der Waals surface area contributed by atoms with Gasteiger partial charge < -0.3 is 19.9 Å². The lowest BCUT2D eigenvalue weighted by atomic mass is 10.00. The molecule has 0 spiro atoms. The van der Waals surface area contributed by atoms with Crippen molar-refractivity contribution in [3.63, 3.8) is 0 Å². The Bertz CT molecular complexity index is 534. The molecular weight excluding hydrogens is 308 g/mol. The Hall–Kier alpha value is -1.79. The van der Waals surface area contributed by atoms with Gasteiger partial charge in [-0.05, 0) is 43.5 Å². The van der Waals surface area contributed by atoms with E-state index in [2.05, 4.69) is 10.2 Å². The average Bonchev–Trinajstić information content (AvgIpc) is 2.61. The van der Waals surface area contributed by atoms with Gasteiger partial charge in [0.25, 0.3) is 0 Å². The Morgan fingerprint density at radius 2 is 2.08 bits per heavy atom. The topological polar surface area (TPSA) is 71.0 Å². The number of ether oxygens (including phenoxy) is 2. The number of nitrogens with one attached hydrogen (secondary N) is 1. The Morgan fingerprint density at radius 1 is 1.29 bits per heavy atom. The van der Waals surface area contributed by atoms with Gasteiger partial charge in [0.1, 0.15) is 0 Å². The first-order chi connectivity index (χ1) is 11.7. The van der Waals surface area contributed by atoms with E-state index < -0.39 is 0 Å². The molecule has 134 valence electrons. The molecule has 24 heavy (non-hydrogen) atoms. The van der Waals surface area contributed by atoms with Gasteiger partial charge in [-0.1, -0.05) is 12.5 Å². The largest absolute Gasteiger partial charge is 0.493 e. The summed E-state index contributed by atoms with van der Waals surface area (Å²) < 4.78 is 10.5. The second kappa shape index (κ2) is 9.49. The second-order valence-electron chi connectivity index (χ2n) is 6.10. The van der Waals surface area contributed by atoms with E-state index in [4.69, 9.17) is 14.6 Å². The molecule has 0 radical (unpaired) electrons.